The molecule has 0 heterocycles. The van der Waals surface area contributed by atoms with Crippen LogP contribution in [0.1, 0.15) is 25.8 Å². The summed E-state index contributed by atoms with van der Waals surface area (Å²) in [5.74, 6) is 0.317. The zero-order valence-corrected chi connectivity index (χ0v) is 10.2. The number of carbonyl (C=O) groups excluding carboxylic acids is 1. The number of hydrogen-bond donors (Lipinski definition) is 2. The van der Waals surface area contributed by atoms with Gasteiger partial charge in [-0.2, -0.15) is 0 Å². The Labute approximate surface area is 97.0 Å². The molecule has 1 amide bonds. The number of aryl methyl sites for hydroxylation is 1. The SMILES string of the molecule is Cc1cccc(NC(=O)C(N)CC(C)C)c1. The lowest BCUT2D eigenvalue weighted by Gasteiger charge is -2.14. The van der Waals surface area contributed by atoms with Gasteiger partial charge in [0.15, 0.2) is 0 Å². The molecule has 3 N–H and O–H groups in total. The summed E-state index contributed by atoms with van der Waals surface area (Å²) in [4.78, 5) is 11.7. The molecule has 88 valence electrons. The van der Waals surface area contributed by atoms with Gasteiger partial charge in [-0.05, 0) is 37.0 Å². The molecule has 0 saturated heterocycles. The van der Waals surface area contributed by atoms with Crippen LogP contribution in [0.25, 0.3) is 0 Å². The van der Waals surface area contributed by atoms with Crippen LogP contribution in [0.3, 0.4) is 0 Å². The Hall–Kier alpha value is -1.35. The number of rotatable bonds is 4. The summed E-state index contributed by atoms with van der Waals surface area (Å²) in [5.41, 5.74) is 7.72. The second-order valence-corrected chi connectivity index (χ2v) is 4.59. The first-order valence-electron chi connectivity index (χ1n) is 5.62. The monoisotopic (exact) mass is 220 g/mol. The Morgan fingerprint density at radius 1 is 1.44 bits per heavy atom. The van der Waals surface area contributed by atoms with E-state index >= 15 is 0 Å². The lowest BCUT2D eigenvalue weighted by Crippen LogP contribution is -2.36. The van der Waals surface area contributed by atoms with Crippen LogP contribution in [-0.2, 0) is 4.79 Å². The van der Waals surface area contributed by atoms with Gasteiger partial charge in [0.25, 0.3) is 0 Å². The van der Waals surface area contributed by atoms with E-state index in [0.717, 1.165) is 11.3 Å². The van der Waals surface area contributed by atoms with E-state index in [1.54, 1.807) is 0 Å². The summed E-state index contributed by atoms with van der Waals surface area (Å²) in [6, 6.07) is 7.27. The maximum Gasteiger partial charge on any atom is 0.241 e. The minimum Gasteiger partial charge on any atom is -0.325 e. The summed E-state index contributed by atoms with van der Waals surface area (Å²) in [5, 5.41) is 2.82. The van der Waals surface area contributed by atoms with Crippen molar-refractivity contribution in [2.75, 3.05) is 5.32 Å². The van der Waals surface area contributed by atoms with Crippen molar-refractivity contribution in [2.24, 2.45) is 11.7 Å². The molecule has 0 aromatic heterocycles. The van der Waals surface area contributed by atoms with E-state index < -0.39 is 6.04 Å². The van der Waals surface area contributed by atoms with E-state index in [4.69, 9.17) is 5.73 Å². The van der Waals surface area contributed by atoms with Gasteiger partial charge in [0, 0.05) is 5.69 Å². The molecule has 0 aliphatic rings. The fourth-order valence-electron chi connectivity index (χ4n) is 1.57. The molecule has 0 aliphatic heterocycles. The topological polar surface area (TPSA) is 55.1 Å². The molecule has 16 heavy (non-hydrogen) atoms. The number of nitrogens with two attached hydrogens (primary N) is 1. The second-order valence-electron chi connectivity index (χ2n) is 4.59. The van der Waals surface area contributed by atoms with E-state index in [2.05, 4.69) is 19.2 Å². The Kier molecular flexibility index (Phi) is 4.50. The minimum atomic E-state index is -0.430. The lowest BCUT2D eigenvalue weighted by molar-refractivity contribution is -0.117. The van der Waals surface area contributed by atoms with Crippen molar-refractivity contribution in [1.82, 2.24) is 0 Å². The summed E-state index contributed by atoms with van der Waals surface area (Å²) in [6.45, 7) is 6.10. The molecule has 0 bridgehead atoms. The van der Waals surface area contributed by atoms with Crippen LogP contribution < -0.4 is 11.1 Å². The van der Waals surface area contributed by atoms with E-state index in [-0.39, 0.29) is 5.91 Å². The zero-order valence-electron chi connectivity index (χ0n) is 10.2. The average Bonchev–Trinajstić information content (AvgIpc) is 2.16. The Bertz CT molecular complexity index is 361. The van der Waals surface area contributed by atoms with Crippen molar-refractivity contribution < 1.29 is 4.79 Å². The summed E-state index contributed by atoms with van der Waals surface area (Å²) in [7, 11) is 0. The average molecular weight is 220 g/mol. The highest BCUT2D eigenvalue weighted by atomic mass is 16.2. The van der Waals surface area contributed by atoms with Gasteiger partial charge in [0.2, 0.25) is 5.91 Å². The third-order valence-corrected chi connectivity index (χ3v) is 2.35. The van der Waals surface area contributed by atoms with Crippen LogP contribution in [0, 0.1) is 12.8 Å². The number of anilines is 1. The molecule has 0 aliphatic carbocycles. The standard InChI is InChI=1S/C13H20N2O/c1-9(2)7-12(14)13(16)15-11-6-4-5-10(3)8-11/h4-6,8-9,12H,7,14H2,1-3H3,(H,15,16). The summed E-state index contributed by atoms with van der Waals surface area (Å²) >= 11 is 0. The van der Waals surface area contributed by atoms with Crippen LogP contribution in [0.4, 0.5) is 5.69 Å². The fourth-order valence-corrected chi connectivity index (χ4v) is 1.57. The highest BCUT2D eigenvalue weighted by Crippen LogP contribution is 2.11. The number of benzene rings is 1. The maximum absolute atomic E-state index is 11.7. The number of hydrogen-bond acceptors (Lipinski definition) is 2. The van der Waals surface area contributed by atoms with E-state index in [1.165, 1.54) is 0 Å². The van der Waals surface area contributed by atoms with Crippen molar-refractivity contribution >= 4 is 11.6 Å². The van der Waals surface area contributed by atoms with E-state index in [9.17, 15) is 4.79 Å². The second kappa shape index (κ2) is 5.66. The first kappa shape index (κ1) is 12.7. The number of amides is 1. The largest absolute Gasteiger partial charge is 0.325 e. The van der Waals surface area contributed by atoms with Crippen LogP contribution in [0.5, 0.6) is 0 Å². The first-order chi connectivity index (χ1) is 7.49. The van der Waals surface area contributed by atoms with Gasteiger partial charge in [-0.25, -0.2) is 0 Å². The highest BCUT2D eigenvalue weighted by molar-refractivity contribution is 5.94. The Balaban J connectivity index is 2.57. The van der Waals surface area contributed by atoms with Crippen LogP contribution in [0.2, 0.25) is 0 Å². The molecule has 1 aromatic rings. The Morgan fingerprint density at radius 2 is 2.12 bits per heavy atom. The van der Waals surface area contributed by atoms with Crippen LogP contribution in [-0.4, -0.2) is 11.9 Å². The van der Waals surface area contributed by atoms with Gasteiger partial charge in [-0.15, -0.1) is 0 Å². The predicted molar refractivity (Wildman–Crippen MR) is 67.2 cm³/mol. The molecule has 3 nitrogen and oxygen atoms in total. The van der Waals surface area contributed by atoms with Gasteiger partial charge >= 0.3 is 0 Å². The molecular formula is C13H20N2O. The minimum absolute atomic E-state index is 0.112. The molecule has 1 atom stereocenters. The van der Waals surface area contributed by atoms with Crippen molar-refractivity contribution in [2.45, 2.75) is 33.2 Å². The van der Waals surface area contributed by atoms with Gasteiger partial charge in [-0.1, -0.05) is 26.0 Å². The molecule has 0 fully saturated rings. The van der Waals surface area contributed by atoms with Crippen molar-refractivity contribution in [3.8, 4) is 0 Å². The molecule has 0 radical (unpaired) electrons. The van der Waals surface area contributed by atoms with E-state index in [0.29, 0.717) is 12.3 Å². The van der Waals surface area contributed by atoms with Crippen molar-refractivity contribution in [1.29, 1.82) is 0 Å². The van der Waals surface area contributed by atoms with Gasteiger partial charge in [0.05, 0.1) is 6.04 Å². The molecule has 3 heteroatoms. The normalized spacial score (nSPS) is 12.6. The van der Waals surface area contributed by atoms with Crippen LogP contribution in [0.15, 0.2) is 24.3 Å². The third kappa shape index (κ3) is 4.03. The Morgan fingerprint density at radius 3 is 2.69 bits per heavy atom. The maximum atomic E-state index is 11.7. The number of carbonyl (C=O) groups is 1. The van der Waals surface area contributed by atoms with Gasteiger partial charge < -0.3 is 11.1 Å². The molecule has 1 unspecified atom stereocenters. The third-order valence-electron chi connectivity index (χ3n) is 2.35. The molecule has 1 rings (SSSR count). The van der Waals surface area contributed by atoms with Gasteiger partial charge in [-0.3, -0.25) is 4.79 Å². The quantitative estimate of drug-likeness (QED) is 0.818. The van der Waals surface area contributed by atoms with Crippen molar-refractivity contribution in [3.63, 3.8) is 0 Å². The van der Waals surface area contributed by atoms with Crippen LogP contribution >= 0.6 is 0 Å². The predicted octanol–water partition coefficient (Wildman–Crippen LogP) is 2.31. The van der Waals surface area contributed by atoms with Crippen molar-refractivity contribution in [3.05, 3.63) is 29.8 Å². The molecule has 0 saturated carbocycles. The molecule has 1 aromatic carbocycles. The highest BCUT2D eigenvalue weighted by Gasteiger charge is 2.14. The fraction of sp³-hybridized carbons (Fsp3) is 0.462. The zero-order chi connectivity index (χ0) is 12.1. The lowest BCUT2D eigenvalue weighted by atomic mass is 10.0. The molecule has 0 spiro atoms. The number of nitrogens with one attached hydrogen (secondary N) is 1. The van der Waals surface area contributed by atoms with Gasteiger partial charge in [0.1, 0.15) is 0 Å². The molecular weight excluding hydrogens is 200 g/mol. The smallest absolute Gasteiger partial charge is 0.241 e. The summed E-state index contributed by atoms with van der Waals surface area (Å²) < 4.78 is 0. The summed E-state index contributed by atoms with van der Waals surface area (Å²) in [6.07, 6.45) is 0.706. The first-order valence-corrected chi connectivity index (χ1v) is 5.62. The van der Waals surface area contributed by atoms with E-state index in [1.807, 2.05) is 31.2 Å².